The Bertz CT molecular complexity index is 292. The van der Waals surface area contributed by atoms with Crippen molar-refractivity contribution in [2.75, 3.05) is 7.11 Å². The third kappa shape index (κ3) is 1.75. The van der Waals surface area contributed by atoms with Gasteiger partial charge in [-0.05, 0) is 54.9 Å². The topological polar surface area (TPSA) is 9.23 Å². The van der Waals surface area contributed by atoms with Gasteiger partial charge in [0.05, 0.1) is 0 Å². The molecule has 0 aromatic heterocycles. The number of rotatable bonds is 5. The van der Waals surface area contributed by atoms with Gasteiger partial charge in [-0.1, -0.05) is 27.7 Å². The lowest BCUT2D eigenvalue weighted by molar-refractivity contribution is 0.0672. The molecule has 1 heteroatoms. The average molecular weight is 222 g/mol. The van der Waals surface area contributed by atoms with Gasteiger partial charge in [0.2, 0.25) is 0 Å². The van der Waals surface area contributed by atoms with Crippen LogP contribution >= 0.6 is 0 Å². The van der Waals surface area contributed by atoms with Crippen LogP contribution in [0.5, 0.6) is 0 Å². The van der Waals surface area contributed by atoms with Gasteiger partial charge >= 0.3 is 0 Å². The molecule has 1 rings (SSSR count). The normalized spacial score (nSPS) is 19.9. The summed E-state index contributed by atoms with van der Waals surface area (Å²) in [7, 11) is 1.84. The molecule has 16 heavy (non-hydrogen) atoms. The van der Waals surface area contributed by atoms with Crippen LogP contribution in [0.2, 0.25) is 0 Å². The molecule has 0 amide bonds. The van der Waals surface area contributed by atoms with Crippen LogP contribution in [-0.2, 0) is 4.74 Å². The fraction of sp³-hybridized carbons (Fsp3) is 0.733. The van der Waals surface area contributed by atoms with Gasteiger partial charge in [-0.2, -0.15) is 0 Å². The quantitative estimate of drug-likeness (QED) is 0.658. The zero-order chi connectivity index (χ0) is 12.3. The first-order valence-electron chi connectivity index (χ1n) is 6.61. The molecule has 0 heterocycles. The minimum Gasteiger partial charge on any atom is -0.370 e. The van der Waals surface area contributed by atoms with Gasteiger partial charge in [0, 0.05) is 7.11 Å². The van der Waals surface area contributed by atoms with E-state index in [4.69, 9.17) is 4.74 Å². The van der Waals surface area contributed by atoms with Crippen molar-refractivity contribution in [3.05, 3.63) is 22.3 Å². The van der Waals surface area contributed by atoms with Gasteiger partial charge in [-0.25, -0.2) is 0 Å². The maximum Gasteiger partial charge on any atom is 0.108 e. The Kier molecular flexibility index (Phi) is 4.37. The highest BCUT2D eigenvalue weighted by molar-refractivity contribution is 5.55. The highest BCUT2D eigenvalue weighted by Gasteiger charge is 2.40. The van der Waals surface area contributed by atoms with Crippen molar-refractivity contribution in [2.45, 2.75) is 65.9 Å². The maximum absolute atomic E-state index is 5.85. The number of ether oxygens (including phenoxy) is 1. The molecule has 0 radical (unpaired) electrons. The van der Waals surface area contributed by atoms with E-state index in [2.05, 4.69) is 34.6 Å². The van der Waals surface area contributed by atoms with E-state index in [1.807, 2.05) is 7.11 Å². The third-order valence-electron chi connectivity index (χ3n) is 4.07. The van der Waals surface area contributed by atoms with Crippen molar-refractivity contribution < 1.29 is 4.74 Å². The molecule has 0 saturated carbocycles. The summed E-state index contributed by atoms with van der Waals surface area (Å²) in [5, 5.41) is 0. The van der Waals surface area contributed by atoms with Gasteiger partial charge in [0.15, 0.2) is 0 Å². The fourth-order valence-electron chi connectivity index (χ4n) is 3.32. The first-order chi connectivity index (χ1) is 7.60. The largest absolute Gasteiger partial charge is 0.370 e. The summed E-state index contributed by atoms with van der Waals surface area (Å²) in [4.78, 5) is 0. The Hall–Kier alpha value is -0.560. The van der Waals surface area contributed by atoms with E-state index in [1.54, 1.807) is 11.1 Å². The van der Waals surface area contributed by atoms with E-state index < -0.39 is 0 Å². The van der Waals surface area contributed by atoms with Gasteiger partial charge < -0.3 is 4.74 Å². The van der Waals surface area contributed by atoms with Gasteiger partial charge in [-0.3, -0.25) is 0 Å². The molecule has 0 atom stereocenters. The highest BCUT2D eigenvalue weighted by Crippen LogP contribution is 2.47. The number of methoxy groups -OCH3 is 1. The van der Waals surface area contributed by atoms with Gasteiger partial charge in [0.25, 0.3) is 0 Å². The first kappa shape index (κ1) is 13.5. The van der Waals surface area contributed by atoms with Crippen molar-refractivity contribution in [2.24, 2.45) is 0 Å². The second kappa shape index (κ2) is 5.18. The highest BCUT2D eigenvalue weighted by atomic mass is 16.5. The molecule has 0 bridgehead atoms. The van der Waals surface area contributed by atoms with Crippen LogP contribution in [0, 0.1) is 0 Å². The van der Waals surface area contributed by atoms with Gasteiger partial charge in [-0.15, -0.1) is 0 Å². The first-order valence-corrected chi connectivity index (χ1v) is 6.61. The van der Waals surface area contributed by atoms with Crippen LogP contribution in [0.4, 0.5) is 0 Å². The average Bonchev–Trinajstić information content (AvgIpc) is 2.56. The second-order valence-corrected chi connectivity index (χ2v) is 4.57. The predicted octanol–water partition coefficient (Wildman–Crippen LogP) is 4.64. The Morgan fingerprint density at radius 2 is 1.19 bits per heavy atom. The number of hydrogen-bond donors (Lipinski definition) is 0. The molecule has 1 nitrogen and oxygen atoms in total. The van der Waals surface area contributed by atoms with Gasteiger partial charge in [0.1, 0.15) is 5.60 Å². The van der Waals surface area contributed by atoms with E-state index >= 15 is 0 Å². The smallest absolute Gasteiger partial charge is 0.108 e. The van der Waals surface area contributed by atoms with Crippen molar-refractivity contribution in [3.63, 3.8) is 0 Å². The zero-order valence-corrected chi connectivity index (χ0v) is 11.7. The van der Waals surface area contributed by atoms with Crippen LogP contribution in [0.3, 0.4) is 0 Å². The number of allylic oxidation sites excluding steroid dienone is 2. The zero-order valence-electron chi connectivity index (χ0n) is 11.7. The molecule has 0 saturated heterocycles. The van der Waals surface area contributed by atoms with Crippen molar-refractivity contribution in [1.82, 2.24) is 0 Å². The minimum atomic E-state index is -0.125. The molecule has 0 fully saturated rings. The molecule has 1 aliphatic rings. The third-order valence-corrected chi connectivity index (χ3v) is 4.07. The maximum atomic E-state index is 5.85. The summed E-state index contributed by atoms with van der Waals surface area (Å²) in [5.74, 6) is 0. The second-order valence-electron chi connectivity index (χ2n) is 4.57. The van der Waals surface area contributed by atoms with Crippen molar-refractivity contribution in [3.8, 4) is 0 Å². The van der Waals surface area contributed by atoms with Crippen LogP contribution in [0.25, 0.3) is 0 Å². The molecule has 0 unspecified atom stereocenters. The summed E-state index contributed by atoms with van der Waals surface area (Å²) in [6.07, 6.45) is 4.46. The van der Waals surface area contributed by atoms with E-state index in [0.29, 0.717) is 0 Å². The lowest BCUT2D eigenvalue weighted by atomic mass is 9.88. The Morgan fingerprint density at radius 1 is 0.812 bits per heavy atom. The van der Waals surface area contributed by atoms with Crippen molar-refractivity contribution in [1.29, 1.82) is 0 Å². The Balaban J connectivity index is 3.37. The van der Waals surface area contributed by atoms with Crippen LogP contribution in [0.1, 0.15) is 60.3 Å². The fourth-order valence-corrected chi connectivity index (χ4v) is 3.32. The van der Waals surface area contributed by atoms with E-state index in [-0.39, 0.29) is 5.60 Å². The summed E-state index contributed by atoms with van der Waals surface area (Å²) < 4.78 is 5.85. The number of hydrogen-bond acceptors (Lipinski definition) is 1. The molecule has 0 aromatic carbocycles. The van der Waals surface area contributed by atoms with E-state index in [1.165, 1.54) is 11.1 Å². The van der Waals surface area contributed by atoms with Crippen LogP contribution < -0.4 is 0 Å². The Morgan fingerprint density at radius 3 is 1.38 bits per heavy atom. The van der Waals surface area contributed by atoms with Crippen LogP contribution in [-0.4, -0.2) is 12.7 Å². The molecule has 0 aromatic rings. The molecule has 92 valence electrons. The summed E-state index contributed by atoms with van der Waals surface area (Å²) in [6, 6.07) is 0. The minimum absolute atomic E-state index is 0.125. The monoisotopic (exact) mass is 222 g/mol. The SMILES string of the molecule is CCC1=C(CC)C(C)(OC)C(CC)=C1CC. The molecule has 1 aliphatic carbocycles. The molecule has 0 spiro atoms. The molecule has 0 N–H and O–H groups in total. The molecular formula is C15H26O. The predicted molar refractivity (Wildman–Crippen MR) is 70.6 cm³/mol. The standard InChI is InChI=1S/C15H26O/c1-7-11-12(8-2)14(10-4)15(5,16-6)13(11)9-3/h7-10H2,1-6H3. The molecular weight excluding hydrogens is 196 g/mol. The summed E-state index contributed by atoms with van der Waals surface area (Å²) in [5.41, 5.74) is 6.01. The molecule has 0 aliphatic heterocycles. The van der Waals surface area contributed by atoms with Crippen LogP contribution in [0.15, 0.2) is 22.3 Å². The van der Waals surface area contributed by atoms with E-state index in [9.17, 15) is 0 Å². The van der Waals surface area contributed by atoms with Crippen molar-refractivity contribution >= 4 is 0 Å². The lowest BCUT2D eigenvalue weighted by Crippen LogP contribution is -2.30. The van der Waals surface area contributed by atoms with E-state index in [0.717, 1.165) is 25.7 Å². The summed E-state index contributed by atoms with van der Waals surface area (Å²) >= 11 is 0. The summed E-state index contributed by atoms with van der Waals surface area (Å²) in [6.45, 7) is 11.2. The lowest BCUT2D eigenvalue weighted by Gasteiger charge is -2.30. The Labute approximate surface area is 101 Å².